The summed E-state index contributed by atoms with van der Waals surface area (Å²) in [5.74, 6) is -0.577. The number of carbonyl (C=O) groups is 1. The van der Waals surface area contributed by atoms with Gasteiger partial charge in [-0.3, -0.25) is 0 Å². The van der Waals surface area contributed by atoms with Gasteiger partial charge in [0.1, 0.15) is 12.0 Å². The van der Waals surface area contributed by atoms with Gasteiger partial charge in [0.25, 0.3) is 0 Å². The zero-order chi connectivity index (χ0) is 11.5. The summed E-state index contributed by atoms with van der Waals surface area (Å²) in [6, 6.07) is 9.01. The van der Waals surface area contributed by atoms with Crippen LogP contribution >= 0.6 is 0 Å². The molecular weight excluding hydrogens is 208 g/mol. The van der Waals surface area contributed by atoms with Gasteiger partial charge >= 0.3 is 5.97 Å². The van der Waals surface area contributed by atoms with Gasteiger partial charge in [-0.1, -0.05) is 30.3 Å². The largest absolute Gasteiger partial charge is 0.464 e. The minimum Gasteiger partial charge on any atom is -0.464 e. The molecule has 2 rings (SSSR count). The lowest BCUT2D eigenvalue weighted by molar-refractivity contribution is 0.0594. The van der Waals surface area contributed by atoms with E-state index in [-0.39, 0.29) is 5.69 Å². The number of hydrogen-bond donors (Lipinski definition) is 1. The number of hydrogen-bond acceptors (Lipinski definition) is 4. The number of aromatic nitrogens is 2. The molecule has 0 aliphatic carbocycles. The summed E-state index contributed by atoms with van der Waals surface area (Å²) < 4.78 is 5.39. The number of methoxy groups -OCH3 is 1. The summed E-state index contributed by atoms with van der Waals surface area (Å²) in [7, 11) is 1.27. The van der Waals surface area contributed by atoms with Crippen molar-refractivity contribution in [2.24, 2.45) is 0 Å². The van der Waals surface area contributed by atoms with E-state index in [1.54, 1.807) is 12.1 Å². The van der Waals surface area contributed by atoms with Crippen molar-refractivity contribution < 1.29 is 14.7 Å². The third-order valence-electron chi connectivity index (χ3n) is 2.18. The minimum absolute atomic E-state index is 0.0937. The first-order valence-corrected chi connectivity index (χ1v) is 4.64. The molecule has 5 nitrogen and oxygen atoms in total. The lowest BCUT2D eigenvalue weighted by Gasteiger charge is -2.03. The highest BCUT2D eigenvalue weighted by molar-refractivity contribution is 5.94. The van der Waals surface area contributed by atoms with Crippen molar-refractivity contribution in [2.45, 2.75) is 0 Å². The Bertz CT molecular complexity index is 505. The molecule has 5 heteroatoms. The summed E-state index contributed by atoms with van der Waals surface area (Å²) in [6.45, 7) is 0. The average molecular weight is 218 g/mol. The van der Waals surface area contributed by atoms with Crippen LogP contribution < -0.4 is 0 Å². The predicted molar refractivity (Wildman–Crippen MR) is 56.2 cm³/mol. The Morgan fingerprint density at radius 3 is 2.69 bits per heavy atom. The van der Waals surface area contributed by atoms with Gasteiger partial charge in [-0.2, -0.15) is 4.73 Å². The summed E-state index contributed by atoms with van der Waals surface area (Å²) in [5.41, 5.74) is 1.12. The van der Waals surface area contributed by atoms with Crippen molar-refractivity contribution in [3.63, 3.8) is 0 Å². The van der Waals surface area contributed by atoms with Crippen molar-refractivity contribution in [3.05, 3.63) is 42.4 Å². The zero-order valence-electron chi connectivity index (χ0n) is 8.62. The number of rotatable bonds is 2. The molecule has 0 aliphatic rings. The molecular formula is C11H10N2O3. The van der Waals surface area contributed by atoms with Crippen LogP contribution in [0.4, 0.5) is 0 Å². The molecule has 0 fully saturated rings. The van der Waals surface area contributed by atoms with Crippen molar-refractivity contribution in [3.8, 4) is 11.3 Å². The Morgan fingerprint density at radius 2 is 2.06 bits per heavy atom. The molecule has 0 atom stereocenters. The summed E-state index contributed by atoms with van der Waals surface area (Å²) >= 11 is 0. The molecule has 1 heterocycles. The lowest BCUT2D eigenvalue weighted by atomic mass is 10.1. The van der Waals surface area contributed by atoms with E-state index in [0.29, 0.717) is 11.3 Å². The third kappa shape index (κ3) is 1.63. The summed E-state index contributed by atoms with van der Waals surface area (Å²) in [5, 5.41) is 9.58. The van der Waals surface area contributed by atoms with Crippen LogP contribution in [0.25, 0.3) is 11.3 Å². The average Bonchev–Trinajstić information content (AvgIpc) is 2.71. The maximum Gasteiger partial charge on any atom is 0.359 e. The molecule has 0 radical (unpaired) electrons. The highest BCUT2D eigenvalue weighted by Gasteiger charge is 2.19. The highest BCUT2D eigenvalue weighted by atomic mass is 16.5. The van der Waals surface area contributed by atoms with Crippen molar-refractivity contribution in [1.29, 1.82) is 0 Å². The smallest absolute Gasteiger partial charge is 0.359 e. The van der Waals surface area contributed by atoms with Gasteiger partial charge in [0, 0.05) is 5.56 Å². The second-order valence-corrected chi connectivity index (χ2v) is 3.14. The van der Waals surface area contributed by atoms with Gasteiger partial charge in [-0.05, 0) is 0 Å². The van der Waals surface area contributed by atoms with E-state index in [9.17, 15) is 10.0 Å². The number of nitrogens with zero attached hydrogens (tertiary/aromatic N) is 2. The second-order valence-electron chi connectivity index (χ2n) is 3.14. The topological polar surface area (TPSA) is 64.3 Å². The maximum absolute atomic E-state index is 11.4. The van der Waals surface area contributed by atoms with Crippen molar-refractivity contribution in [2.75, 3.05) is 7.11 Å². The number of imidazole rings is 1. The fourth-order valence-electron chi connectivity index (χ4n) is 1.45. The summed E-state index contributed by atoms with van der Waals surface area (Å²) in [6.07, 6.45) is 1.16. The molecule has 0 saturated heterocycles. The molecule has 1 aromatic carbocycles. The van der Waals surface area contributed by atoms with Gasteiger partial charge in [-0.25, -0.2) is 9.78 Å². The minimum atomic E-state index is -0.577. The zero-order valence-corrected chi connectivity index (χ0v) is 8.62. The van der Waals surface area contributed by atoms with Crippen molar-refractivity contribution in [1.82, 2.24) is 9.71 Å². The van der Waals surface area contributed by atoms with Gasteiger partial charge in [-0.15, -0.1) is 0 Å². The number of esters is 1. The Kier molecular flexibility index (Phi) is 2.59. The SMILES string of the molecule is COC(=O)c1ncn(O)c1-c1ccccc1. The molecule has 82 valence electrons. The van der Waals surface area contributed by atoms with E-state index in [0.717, 1.165) is 11.1 Å². The molecule has 0 bridgehead atoms. The monoisotopic (exact) mass is 218 g/mol. The highest BCUT2D eigenvalue weighted by Crippen LogP contribution is 2.22. The van der Waals surface area contributed by atoms with Crippen LogP contribution in [0.2, 0.25) is 0 Å². The van der Waals surface area contributed by atoms with Gasteiger partial charge in [0.15, 0.2) is 5.69 Å². The maximum atomic E-state index is 11.4. The first kappa shape index (κ1) is 10.2. The molecule has 1 aromatic heterocycles. The van der Waals surface area contributed by atoms with E-state index < -0.39 is 5.97 Å². The molecule has 2 aromatic rings. The van der Waals surface area contributed by atoms with E-state index in [1.807, 2.05) is 18.2 Å². The van der Waals surface area contributed by atoms with Crippen LogP contribution in [0.3, 0.4) is 0 Å². The van der Waals surface area contributed by atoms with Gasteiger partial charge in [0.05, 0.1) is 7.11 Å². The fourth-order valence-corrected chi connectivity index (χ4v) is 1.45. The van der Waals surface area contributed by atoms with Crippen LogP contribution in [0.5, 0.6) is 0 Å². The standard InChI is InChI=1S/C11H10N2O3/c1-16-11(14)9-10(13(15)7-12-9)8-5-3-2-4-6-8/h2-7,15H,1H3. The van der Waals surface area contributed by atoms with Crippen LogP contribution in [-0.2, 0) is 4.74 Å². The van der Waals surface area contributed by atoms with Gasteiger partial charge in [0.2, 0.25) is 0 Å². The molecule has 0 aliphatic heterocycles. The van der Waals surface area contributed by atoms with Crippen LogP contribution in [-0.4, -0.2) is 28.0 Å². The third-order valence-corrected chi connectivity index (χ3v) is 2.18. The second kappa shape index (κ2) is 4.06. The first-order chi connectivity index (χ1) is 7.74. The number of ether oxygens (including phenoxy) is 1. The molecule has 0 saturated carbocycles. The van der Waals surface area contributed by atoms with Crippen LogP contribution in [0.1, 0.15) is 10.5 Å². The van der Waals surface area contributed by atoms with Crippen molar-refractivity contribution >= 4 is 5.97 Å². The molecule has 0 unspecified atom stereocenters. The Labute approximate surface area is 91.9 Å². The molecule has 1 N–H and O–H groups in total. The van der Waals surface area contributed by atoms with Crippen LogP contribution in [0, 0.1) is 0 Å². The van der Waals surface area contributed by atoms with Crippen LogP contribution in [0.15, 0.2) is 36.7 Å². The van der Waals surface area contributed by atoms with Gasteiger partial charge < -0.3 is 9.94 Å². The van der Waals surface area contributed by atoms with E-state index in [1.165, 1.54) is 7.11 Å². The Balaban J connectivity index is 2.56. The fraction of sp³-hybridized carbons (Fsp3) is 0.0909. The van der Waals surface area contributed by atoms with E-state index in [2.05, 4.69) is 9.72 Å². The van der Waals surface area contributed by atoms with E-state index >= 15 is 0 Å². The lowest BCUT2D eigenvalue weighted by Crippen LogP contribution is -2.05. The van der Waals surface area contributed by atoms with E-state index in [4.69, 9.17) is 0 Å². The predicted octanol–water partition coefficient (Wildman–Crippen LogP) is 1.57. The summed E-state index contributed by atoms with van der Waals surface area (Å²) in [4.78, 5) is 15.2. The first-order valence-electron chi connectivity index (χ1n) is 4.64. The number of carbonyl (C=O) groups excluding carboxylic acids is 1. The Morgan fingerprint density at radius 1 is 1.38 bits per heavy atom. The quantitative estimate of drug-likeness (QED) is 0.613. The number of benzene rings is 1. The molecule has 0 amide bonds. The molecule has 16 heavy (non-hydrogen) atoms. The Hall–Kier alpha value is -2.30. The normalized spacial score (nSPS) is 10.1. The molecule has 0 spiro atoms.